The average molecular weight is 276 g/mol. The summed E-state index contributed by atoms with van der Waals surface area (Å²) in [5.74, 6) is 0. The van der Waals surface area contributed by atoms with Gasteiger partial charge < -0.3 is 5.11 Å². The highest BCUT2D eigenvalue weighted by Crippen LogP contribution is 2.10. The van der Waals surface area contributed by atoms with E-state index in [1.165, 1.54) is 11.1 Å². The zero-order valence-corrected chi connectivity index (χ0v) is 13.3. The van der Waals surface area contributed by atoms with E-state index in [4.69, 9.17) is 5.11 Å². The van der Waals surface area contributed by atoms with Gasteiger partial charge in [0.25, 0.3) is 0 Å². The Bertz CT molecular complexity index is 465. The molecule has 3 nitrogen and oxygen atoms in total. The maximum Gasteiger partial charge on any atom is 0.0643 e. The Hall–Kier alpha value is -1.35. The summed E-state index contributed by atoms with van der Waals surface area (Å²) >= 11 is 0. The molecule has 1 heterocycles. The van der Waals surface area contributed by atoms with Crippen LogP contribution in [0.5, 0.6) is 0 Å². The summed E-state index contributed by atoms with van der Waals surface area (Å²) in [5, 5.41) is 13.4. The first kappa shape index (κ1) is 16.7. The summed E-state index contributed by atoms with van der Waals surface area (Å²) in [6.07, 6.45) is 8.89. The van der Waals surface area contributed by atoms with E-state index in [1.54, 1.807) is 0 Å². The van der Waals surface area contributed by atoms with Crippen LogP contribution in [0, 0.1) is 6.92 Å². The second kappa shape index (κ2) is 8.75. The fraction of sp³-hybridized carbons (Fsp3) is 0.588. The predicted octanol–water partition coefficient (Wildman–Crippen LogP) is 3.81. The number of aryl methyl sites for hydroxylation is 2. The van der Waals surface area contributed by atoms with Crippen molar-refractivity contribution in [3.05, 3.63) is 40.8 Å². The van der Waals surface area contributed by atoms with Crippen LogP contribution >= 0.6 is 0 Å². The summed E-state index contributed by atoms with van der Waals surface area (Å²) in [4.78, 5) is 0. The summed E-state index contributed by atoms with van der Waals surface area (Å²) in [6, 6.07) is 2.11. The fourth-order valence-corrected chi connectivity index (χ4v) is 2.18. The molecule has 1 aromatic rings. The lowest BCUT2D eigenvalue weighted by Gasteiger charge is -2.00. The van der Waals surface area contributed by atoms with E-state index in [0.717, 1.165) is 37.1 Å². The lowest BCUT2D eigenvalue weighted by molar-refractivity contribution is 0.267. The third-order valence-electron chi connectivity index (χ3n) is 3.33. The van der Waals surface area contributed by atoms with Crippen LogP contribution < -0.4 is 0 Å². The Labute approximate surface area is 123 Å². The van der Waals surface area contributed by atoms with Crippen LogP contribution in [-0.2, 0) is 13.0 Å². The van der Waals surface area contributed by atoms with Gasteiger partial charge in [-0.2, -0.15) is 5.10 Å². The molecule has 0 unspecified atom stereocenters. The Kier molecular flexibility index (Phi) is 7.31. The number of aliphatic hydroxyl groups excluding tert-OH is 1. The molecule has 0 radical (unpaired) electrons. The van der Waals surface area contributed by atoms with Crippen molar-refractivity contribution in [1.82, 2.24) is 9.78 Å². The number of hydrogen-bond donors (Lipinski definition) is 1. The highest BCUT2D eigenvalue weighted by atomic mass is 16.3. The van der Waals surface area contributed by atoms with Gasteiger partial charge in [-0.1, -0.05) is 23.3 Å². The van der Waals surface area contributed by atoms with Gasteiger partial charge >= 0.3 is 0 Å². The number of hydrogen-bond acceptors (Lipinski definition) is 2. The SMILES string of the molecule is CC(C)=CCC/C(C)=C/CCc1cc(C)n(CCO)n1. The smallest absolute Gasteiger partial charge is 0.0643 e. The Morgan fingerprint density at radius 1 is 1.25 bits per heavy atom. The largest absolute Gasteiger partial charge is 0.394 e. The van der Waals surface area contributed by atoms with E-state index in [0.29, 0.717) is 6.54 Å². The van der Waals surface area contributed by atoms with Gasteiger partial charge in [0.05, 0.1) is 18.8 Å². The molecule has 0 atom stereocenters. The second-order valence-corrected chi connectivity index (χ2v) is 5.63. The molecule has 1 N–H and O–H groups in total. The van der Waals surface area contributed by atoms with Crippen molar-refractivity contribution in [1.29, 1.82) is 0 Å². The van der Waals surface area contributed by atoms with Gasteiger partial charge in [0.1, 0.15) is 0 Å². The first-order valence-electron chi connectivity index (χ1n) is 7.46. The molecule has 0 amide bonds. The van der Waals surface area contributed by atoms with Gasteiger partial charge in [-0.05, 0) is 59.4 Å². The number of aliphatic hydroxyl groups is 1. The van der Waals surface area contributed by atoms with E-state index < -0.39 is 0 Å². The van der Waals surface area contributed by atoms with Crippen LogP contribution in [-0.4, -0.2) is 21.5 Å². The minimum atomic E-state index is 0.144. The van der Waals surface area contributed by atoms with Crippen molar-refractivity contribution in [2.45, 2.75) is 59.9 Å². The number of nitrogens with zero attached hydrogens (tertiary/aromatic N) is 2. The first-order chi connectivity index (χ1) is 9.52. The molecule has 3 heteroatoms. The first-order valence-corrected chi connectivity index (χ1v) is 7.46. The predicted molar refractivity (Wildman–Crippen MR) is 84.8 cm³/mol. The molecule has 0 aliphatic carbocycles. The van der Waals surface area contributed by atoms with Crippen molar-refractivity contribution in [3.8, 4) is 0 Å². The second-order valence-electron chi connectivity index (χ2n) is 5.63. The zero-order valence-electron chi connectivity index (χ0n) is 13.3. The molecule has 0 saturated carbocycles. The average Bonchev–Trinajstić information content (AvgIpc) is 2.70. The third-order valence-corrected chi connectivity index (χ3v) is 3.33. The number of allylic oxidation sites excluding steroid dienone is 4. The van der Waals surface area contributed by atoms with Crippen molar-refractivity contribution < 1.29 is 5.11 Å². The van der Waals surface area contributed by atoms with Gasteiger partial charge in [0, 0.05) is 5.69 Å². The molecule has 1 rings (SSSR count). The van der Waals surface area contributed by atoms with Crippen LogP contribution in [0.4, 0.5) is 0 Å². The van der Waals surface area contributed by atoms with E-state index >= 15 is 0 Å². The Balaban J connectivity index is 2.39. The van der Waals surface area contributed by atoms with Gasteiger partial charge in [0.2, 0.25) is 0 Å². The monoisotopic (exact) mass is 276 g/mol. The number of aromatic nitrogens is 2. The molecule has 0 aliphatic rings. The van der Waals surface area contributed by atoms with Crippen LogP contribution in [0.2, 0.25) is 0 Å². The maximum atomic E-state index is 8.95. The molecule has 20 heavy (non-hydrogen) atoms. The fourth-order valence-electron chi connectivity index (χ4n) is 2.18. The summed E-state index contributed by atoms with van der Waals surface area (Å²) in [6.45, 7) is 9.25. The summed E-state index contributed by atoms with van der Waals surface area (Å²) in [5.41, 5.74) is 5.08. The van der Waals surface area contributed by atoms with Crippen molar-refractivity contribution in [2.24, 2.45) is 0 Å². The molecule has 0 fully saturated rings. The maximum absolute atomic E-state index is 8.95. The molecule has 0 spiro atoms. The Morgan fingerprint density at radius 3 is 2.65 bits per heavy atom. The minimum Gasteiger partial charge on any atom is -0.394 e. The minimum absolute atomic E-state index is 0.144. The Morgan fingerprint density at radius 2 is 2.00 bits per heavy atom. The molecule has 0 aromatic carbocycles. The quantitative estimate of drug-likeness (QED) is 0.733. The van der Waals surface area contributed by atoms with Gasteiger partial charge in [-0.25, -0.2) is 0 Å². The van der Waals surface area contributed by atoms with E-state index in [2.05, 4.69) is 44.1 Å². The van der Waals surface area contributed by atoms with Crippen molar-refractivity contribution >= 4 is 0 Å². The molecule has 0 bridgehead atoms. The topological polar surface area (TPSA) is 38.0 Å². The summed E-state index contributed by atoms with van der Waals surface area (Å²) in [7, 11) is 0. The highest BCUT2D eigenvalue weighted by molar-refractivity contribution is 5.10. The van der Waals surface area contributed by atoms with E-state index in [9.17, 15) is 0 Å². The van der Waals surface area contributed by atoms with Crippen molar-refractivity contribution in [2.75, 3.05) is 6.61 Å². The highest BCUT2D eigenvalue weighted by Gasteiger charge is 2.02. The van der Waals surface area contributed by atoms with E-state index in [-0.39, 0.29) is 6.61 Å². The standard InChI is InChI=1S/C17H28N2O/c1-14(2)7-5-8-15(3)9-6-10-17-13-16(4)19(18-17)11-12-20/h7,9,13,20H,5-6,8,10-12H2,1-4H3/b15-9+. The van der Waals surface area contributed by atoms with Crippen LogP contribution in [0.3, 0.4) is 0 Å². The van der Waals surface area contributed by atoms with Gasteiger partial charge in [0.15, 0.2) is 0 Å². The molecule has 1 aromatic heterocycles. The molecule has 0 saturated heterocycles. The molecular weight excluding hydrogens is 248 g/mol. The van der Waals surface area contributed by atoms with Gasteiger partial charge in [-0.3, -0.25) is 4.68 Å². The van der Waals surface area contributed by atoms with Crippen LogP contribution in [0.25, 0.3) is 0 Å². The van der Waals surface area contributed by atoms with Crippen LogP contribution in [0.1, 0.15) is 51.4 Å². The molecular formula is C17H28N2O. The van der Waals surface area contributed by atoms with E-state index in [1.807, 2.05) is 11.6 Å². The third kappa shape index (κ3) is 6.20. The molecule has 0 aliphatic heterocycles. The van der Waals surface area contributed by atoms with Crippen molar-refractivity contribution in [3.63, 3.8) is 0 Å². The molecule has 112 valence electrons. The zero-order chi connectivity index (χ0) is 15.0. The number of rotatable bonds is 8. The normalized spacial score (nSPS) is 11.8. The van der Waals surface area contributed by atoms with Gasteiger partial charge in [-0.15, -0.1) is 0 Å². The lowest BCUT2D eigenvalue weighted by atomic mass is 10.1. The van der Waals surface area contributed by atoms with Crippen LogP contribution in [0.15, 0.2) is 29.4 Å². The summed E-state index contributed by atoms with van der Waals surface area (Å²) < 4.78 is 1.88. The lowest BCUT2D eigenvalue weighted by Crippen LogP contribution is -2.05.